The van der Waals surface area contributed by atoms with Crippen molar-refractivity contribution >= 4 is 12.4 Å². The molecular weight excluding hydrogens is 214 g/mol. The predicted molar refractivity (Wildman–Crippen MR) is 60.9 cm³/mol. The quantitative estimate of drug-likeness (QED) is 0.829. The monoisotopic (exact) mass is 229 g/mol. The number of hydrogen-bond acceptors (Lipinski definition) is 3. The zero-order valence-corrected chi connectivity index (χ0v) is 9.32. The number of halogens is 1. The zero-order valence-electron chi connectivity index (χ0n) is 8.50. The van der Waals surface area contributed by atoms with Crippen LogP contribution in [0.5, 0.6) is 0 Å². The smallest absolute Gasteiger partial charge is 0.167 e. The molecule has 1 aliphatic rings. The minimum Gasteiger partial charge on any atom is -0.367 e. The van der Waals surface area contributed by atoms with Crippen LogP contribution in [0.4, 0.5) is 0 Å². The highest BCUT2D eigenvalue weighted by Crippen LogP contribution is 2.08. The largest absolute Gasteiger partial charge is 0.367 e. The summed E-state index contributed by atoms with van der Waals surface area (Å²) in [6, 6.07) is 10.3. The standard InChI is InChI=1S/C11H15NO2.ClH/c13-11-9-12(6-7-14-11)8-10-4-2-1-3-5-10;/h1-5,11,13H,6-9H2;1H. The molecule has 0 saturated carbocycles. The molecule has 1 aliphatic heterocycles. The average Bonchev–Trinajstić information content (AvgIpc) is 2.19. The molecule has 1 N–H and O–H groups in total. The van der Waals surface area contributed by atoms with Crippen molar-refractivity contribution in [1.82, 2.24) is 4.90 Å². The maximum absolute atomic E-state index is 9.29. The normalized spacial score (nSPS) is 22.1. The van der Waals surface area contributed by atoms with E-state index in [1.54, 1.807) is 0 Å². The summed E-state index contributed by atoms with van der Waals surface area (Å²) in [7, 11) is 0. The second-order valence-electron chi connectivity index (χ2n) is 3.55. The van der Waals surface area contributed by atoms with Gasteiger partial charge in [0.1, 0.15) is 0 Å². The lowest BCUT2D eigenvalue weighted by atomic mass is 10.2. The summed E-state index contributed by atoms with van der Waals surface area (Å²) >= 11 is 0. The second-order valence-corrected chi connectivity index (χ2v) is 3.55. The van der Waals surface area contributed by atoms with Crippen molar-refractivity contribution in [2.75, 3.05) is 19.7 Å². The summed E-state index contributed by atoms with van der Waals surface area (Å²) in [6.07, 6.45) is -0.618. The van der Waals surface area contributed by atoms with Crippen LogP contribution in [0.25, 0.3) is 0 Å². The van der Waals surface area contributed by atoms with Gasteiger partial charge in [0.15, 0.2) is 6.29 Å². The summed E-state index contributed by atoms with van der Waals surface area (Å²) in [5.41, 5.74) is 1.28. The first-order chi connectivity index (χ1) is 6.84. The Morgan fingerprint density at radius 3 is 2.73 bits per heavy atom. The van der Waals surface area contributed by atoms with Crippen LogP contribution in [0.15, 0.2) is 30.3 Å². The third kappa shape index (κ3) is 3.80. The molecule has 2 rings (SSSR count). The van der Waals surface area contributed by atoms with Crippen molar-refractivity contribution in [2.45, 2.75) is 12.8 Å². The molecule has 0 spiro atoms. The van der Waals surface area contributed by atoms with Crippen molar-refractivity contribution in [1.29, 1.82) is 0 Å². The molecule has 0 amide bonds. The van der Waals surface area contributed by atoms with Gasteiger partial charge in [-0.25, -0.2) is 0 Å². The van der Waals surface area contributed by atoms with E-state index in [1.165, 1.54) is 5.56 Å². The number of aliphatic hydroxyl groups is 1. The van der Waals surface area contributed by atoms with Crippen LogP contribution >= 0.6 is 12.4 Å². The fourth-order valence-electron chi connectivity index (χ4n) is 1.67. The summed E-state index contributed by atoms with van der Waals surface area (Å²) in [4.78, 5) is 2.20. The Kier molecular flexibility index (Phi) is 5.05. The molecule has 3 nitrogen and oxygen atoms in total. The second kappa shape index (κ2) is 6.08. The van der Waals surface area contributed by atoms with Gasteiger partial charge in [-0.1, -0.05) is 30.3 Å². The van der Waals surface area contributed by atoms with Crippen molar-refractivity contribution in [3.05, 3.63) is 35.9 Å². The SMILES string of the molecule is Cl.OC1CN(Cc2ccccc2)CCO1. The maximum atomic E-state index is 9.29. The molecule has 0 bridgehead atoms. The van der Waals surface area contributed by atoms with Gasteiger partial charge in [0.25, 0.3) is 0 Å². The van der Waals surface area contributed by atoms with E-state index in [-0.39, 0.29) is 12.4 Å². The number of nitrogens with zero attached hydrogens (tertiary/aromatic N) is 1. The lowest BCUT2D eigenvalue weighted by molar-refractivity contribution is -0.147. The summed E-state index contributed by atoms with van der Waals surface area (Å²) in [6.45, 7) is 3.01. The third-order valence-corrected chi connectivity index (χ3v) is 2.38. The van der Waals surface area contributed by atoms with E-state index in [0.717, 1.165) is 13.1 Å². The van der Waals surface area contributed by atoms with Gasteiger partial charge in [0.05, 0.1) is 6.61 Å². The Labute approximate surface area is 96.1 Å². The third-order valence-electron chi connectivity index (χ3n) is 2.38. The van der Waals surface area contributed by atoms with Gasteiger partial charge in [-0.15, -0.1) is 12.4 Å². The van der Waals surface area contributed by atoms with Crippen LogP contribution in [-0.2, 0) is 11.3 Å². The molecule has 1 unspecified atom stereocenters. The van der Waals surface area contributed by atoms with Crippen LogP contribution in [0.2, 0.25) is 0 Å². The highest BCUT2D eigenvalue weighted by Gasteiger charge is 2.17. The number of hydrogen-bond donors (Lipinski definition) is 1. The van der Waals surface area contributed by atoms with Crippen LogP contribution < -0.4 is 0 Å². The molecule has 1 aromatic rings. The van der Waals surface area contributed by atoms with E-state index in [4.69, 9.17) is 4.74 Å². The van der Waals surface area contributed by atoms with E-state index < -0.39 is 6.29 Å². The number of ether oxygens (including phenoxy) is 1. The van der Waals surface area contributed by atoms with Crippen LogP contribution in [-0.4, -0.2) is 36.0 Å². The average molecular weight is 230 g/mol. The maximum Gasteiger partial charge on any atom is 0.167 e. The molecule has 1 saturated heterocycles. The first kappa shape index (κ1) is 12.5. The van der Waals surface area contributed by atoms with Gasteiger partial charge in [-0.05, 0) is 5.56 Å². The topological polar surface area (TPSA) is 32.7 Å². The number of benzene rings is 1. The molecule has 4 heteroatoms. The van der Waals surface area contributed by atoms with Gasteiger partial charge >= 0.3 is 0 Å². The van der Waals surface area contributed by atoms with E-state index in [9.17, 15) is 5.11 Å². The predicted octanol–water partition coefficient (Wildman–Crippen LogP) is 1.26. The lowest BCUT2D eigenvalue weighted by Crippen LogP contribution is -2.41. The first-order valence-corrected chi connectivity index (χ1v) is 4.90. The van der Waals surface area contributed by atoms with Gasteiger partial charge in [0.2, 0.25) is 0 Å². The van der Waals surface area contributed by atoms with Crippen molar-refractivity contribution in [2.24, 2.45) is 0 Å². The summed E-state index contributed by atoms with van der Waals surface area (Å²) in [5, 5.41) is 9.29. The number of β-amino-alcohol motifs (C(OH)–C–C–N with tert-alkyl or cyclic N) is 1. The number of morpholine rings is 1. The van der Waals surface area contributed by atoms with Crippen LogP contribution in [0, 0.1) is 0 Å². The van der Waals surface area contributed by atoms with Gasteiger partial charge < -0.3 is 9.84 Å². The highest BCUT2D eigenvalue weighted by atomic mass is 35.5. The van der Waals surface area contributed by atoms with E-state index >= 15 is 0 Å². The van der Waals surface area contributed by atoms with Gasteiger partial charge in [0, 0.05) is 19.6 Å². The summed E-state index contributed by atoms with van der Waals surface area (Å²) < 4.78 is 5.06. The Hall–Kier alpha value is -0.610. The Morgan fingerprint density at radius 2 is 2.07 bits per heavy atom. The van der Waals surface area contributed by atoms with E-state index in [1.807, 2.05) is 18.2 Å². The first-order valence-electron chi connectivity index (χ1n) is 4.90. The van der Waals surface area contributed by atoms with Crippen molar-refractivity contribution in [3.63, 3.8) is 0 Å². The van der Waals surface area contributed by atoms with Crippen molar-refractivity contribution < 1.29 is 9.84 Å². The zero-order chi connectivity index (χ0) is 9.80. The van der Waals surface area contributed by atoms with Gasteiger partial charge in [-0.3, -0.25) is 4.90 Å². The molecule has 1 aromatic carbocycles. The highest BCUT2D eigenvalue weighted by molar-refractivity contribution is 5.85. The molecule has 15 heavy (non-hydrogen) atoms. The number of aliphatic hydroxyl groups excluding tert-OH is 1. The molecule has 1 atom stereocenters. The molecule has 0 radical (unpaired) electrons. The fourth-order valence-corrected chi connectivity index (χ4v) is 1.67. The molecule has 0 aliphatic carbocycles. The van der Waals surface area contributed by atoms with Crippen LogP contribution in [0.3, 0.4) is 0 Å². The Bertz CT molecular complexity index is 281. The van der Waals surface area contributed by atoms with Gasteiger partial charge in [-0.2, -0.15) is 0 Å². The summed E-state index contributed by atoms with van der Waals surface area (Å²) in [5.74, 6) is 0. The minimum absolute atomic E-state index is 0. The minimum atomic E-state index is -0.618. The van der Waals surface area contributed by atoms with E-state index in [0.29, 0.717) is 13.2 Å². The fraction of sp³-hybridized carbons (Fsp3) is 0.455. The molecule has 84 valence electrons. The molecule has 1 heterocycles. The molecule has 1 fully saturated rings. The Balaban J connectivity index is 0.00000112. The van der Waals surface area contributed by atoms with Crippen LogP contribution in [0.1, 0.15) is 5.56 Å². The number of rotatable bonds is 2. The lowest BCUT2D eigenvalue weighted by Gasteiger charge is -2.29. The molecule has 0 aromatic heterocycles. The Morgan fingerprint density at radius 1 is 1.33 bits per heavy atom. The van der Waals surface area contributed by atoms with Crippen molar-refractivity contribution in [3.8, 4) is 0 Å². The molecular formula is C11H16ClNO2. The van der Waals surface area contributed by atoms with E-state index in [2.05, 4.69) is 17.0 Å².